The number of rotatable bonds is 6. The van der Waals surface area contributed by atoms with Gasteiger partial charge in [-0.15, -0.1) is 0 Å². The Kier molecular flexibility index (Phi) is 9.16. The van der Waals surface area contributed by atoms with Crippen molar-refractivity contribution in [1.82, 2.24) is 0 Å². The van der Waals surface area contributed by atoms with Gasteiger partial charge in [-0.1, -0.05) is 34.6 Å². The summed E-state index contributed by atoms with van der Waals surface area (Å²) in [6.45, 7) is 10.9. The topological polar surface area (TPSA) is 197 Å². The van der Waals surface area contributed by atoms with Crippen LogP contribution in [0.15, 0.2) is 0 Å². The third-order valence-corrected chi connectivity index (χ3v) is 16.7. The number of methoxy groups -OCH3 is 1. The van der Waals surface area contributed by atoms with Gasteiger partial charge in [0, 0.05) is 13.0 Å². The van der Waals surface area contributed by atoms with E-state index in [0.717, 1.165) is 44.9 Å². The lowest BCUT2D eigenvalue weighted by Gasteiger charge is -2.65. The minimum absolute atomic E-state index is 0.0271. The second-order valence-electron chi connectivity index (χ2n) is 19.0. The minimum atomic E-state index is -1.54. The molecule has 3 saturated heterocycles. The van der Waals surface area contributed by atoms with Gasteiger partial charge in [-0.05, 0) is 96.2 Å². The number of fused-ring (bicyclic) bond motifs is 4. The van der Waals surface area contributed by atoms with Crippen LogP contribution in [0, 0.1) is 50.7 Å². The van der Waals surface area contributed by atoms with Crippen LogP contribution in [0.4, 0.5) is 0 Å². The maximum Gasteiger partial charge on any atom is 0.186 e. The zero-order valence-corrected chi connectivity index (χ0v) is 31.0. The molecule has 7 N–H and O–H groups in total. The summed E-state index contributed by atoms with van der Waals surface area (Å²) in [7, 11) is 1.72. The van der Waals surface area contributed by atoms with Gasteiger partial charge in [0.1, 0.15) is 42.7 Å². The molecule has 8 rings (SSSR count). The van der Waals surface area contributed by atoms with Gasteiger partial charge in [-0.25, -0.2) is 0 Å². The minimum Gasteiger partial charge on any atom is -0.394 e. The smallest absolute Gasteiger partial charge is 0.186 e. The van der Waals surface area contributed by atoms with Crippen molar-refractivity contribution in [3.8, 4) is 0 Å². The van der Waals surface area contributed by atoms with Crippen LogP contribution in [0.1, 0.15) is 86.0 Å². The molecule has 8 aliphatic rings. The SMILES string of the molecule is COC1OC2CC3(C)C4C(O[C@@H]5O[C@H](CO)[C@@H](O)[C@H](O)[C@H]5O)CC5C(C)(C)C(O[C@@H]6OC[C@@H](O)[C@H](O)[C@H]6O)CC[C@@]56C[C@@]46CC[C@]3(C)C2CC1C. The summed E-state index contributed by atoms with van der Waals surface area (Å²) in [4.78, 5) is 0. The van der Waals surface area contributed by atoms with E-state index in [0.29, 0.717) is 12.3 Å². The molecule has 8 fully saturated rings. The van der Waals surface area contributed by atoms with E-state index in [9.17, 15) is 35.7 Å². The van der Waals surface area contributed by atoms with Crippen molar-refractivity contribution in [3.05, 3.63) is 0 Å². The van der Waals surface area contributed by atoms with Crippen LogP contribution < -0.4 is 0 Å². The largest absolute Gasteiger partial charge is 0.394 e. The van der Waals surface area contributed by atoms with E-state index in [-0.39, 0.29) is 70.6 Å². The highest BCUT2D eigenvalue weighted by Crippen LogP contribution is 2.89. The van der Waals surface area contributed by atoms with Gasteiger partial charge < -0.3 is 64.2 Å². The number of ether oxygens (including phenoxy) is 6. The summed E-state index contributed by atoms with van der Waals surface area (Å²) in [5, 5.41) is 73.8. The molecule has 292 valence electrons. The molecule has 51 heavy (non-hydrogen) atoms. The Bertz CT molecular complexity index is 1320. The molecule has 0 aromatic heterocycles. The molecular formula is C38H62O13. The molecule has 13 heteroatoms. The van der Waals surface area contributed by atoms with Gasteiger partial charge in [-0.3, -0.25) is 0 Å². The fourth-order valence-corrected chi connectivity index (χ4v) is 13.9. The fourth-order valence-electron chi connectivity index (χ4n) is 13.9. The maximum atomic E-state index is 11.2. The molecule has 5 aliphatic carbocycles. The number of hydrogen-bond acceptors (Lipinski definition) is 13. The molecule has 0 bridgehead atoms. The van der Waals surface area contributed by atoms with Crippen LogP contribution in [0.3, 0.4) is 0 Å². The molecule has 2 spiro atoms. The summed E-state index contributed by atoms with van der Waals surface area (Å²) >= 11 is 0. The predicted octanol–water partition coefficient (Wildman–Crippen LogP) is 1.05. The highest BCUT2D eigenvalue weighted by atomic mass is 16.7. The monoisotopic (exact) mass is 726 g/mol. The first-order valence-corrected chi connectivity index (χ1v) is 19.4. The number of hydrogen-bond donors (Lipinski definition) is 7. The van der Waals surface area contributed by atoms with Gasteiger partial charge in [0.25, 0.3) is 0 Å². The van der Waals surface area contributed by atoms with Crippen molar-refractivity contribution in [3.63, 3.8) is 0 Å². The zero-order valence-electron chi connectivity index (χ0n) is 31.0. The molecule has 9 unspecified atom stereocenters. The highest BCUT2D eigenvalue weighted by molar-refractivity contribution is 5.33. The number of aliphatic hydroxyl groups excluding tert-OH is 7. The van der Waals surface area contributed by atoms with E-state index in [4.69, 9.17) is 28.4 Å². The molecule has 21 atom stereocenters. The van der Waals surface area contributed by atoms with Crippen LogP contribution in [0.5, 0.6) is 0 Å². The molecule has 5 saturated carbocycles. The third kappa shape index (κ3) is 5.06. The molecule has 13 nitrogen and oxygen atoms in total. The van der Waals surface area contributed by atoms with E-state index >= 15 is 0 Å². The van der Waals surface area contributed by atoms with E-state index < -0.39 is 67.3 Å². The standard InChI is InChI=1S/C38H62O13/c1-17-11-18-21(49-31(17)46-6)13-36(5)30-20(48-33-29(45)27(43)26(42)22(14-39)50-33)12-23-34(2,3)24(51-32-28(44)25(41)19(40)15-47-32)7-8-37(23)16-38(30,37)10-9-35(18,36)4/h17-33,39-45H,7-16H2,1-6H3/t17?,18?,19-,20?,21?,22-,23?,24?,25+,26-,27+,28-,29-,30?,31?,32+,33-,35-,36?,37-,38+/m1/s1. The Labute approximate surface area is 300 Å². The molecule has 0 aromatic carbocycles. The third-order valence-electron chi connectivity index (χ3n) is 16.7. The van der Waals surface area contributed by atoms with Gasteiger partial charge >= 0.3 is 0 Å². The van der Waals surface area contributed by atoms with E-state index in [1.54, 1.807) is 7.11 Å². The summed E-state index contributed by atoms with van der Waals surface area (Å²) in [6, 6.07) is 0. The first-order chi connectivity index (χ1) is 24.0. The van der Waals surface area contributed by atoms with Gasteiger partial charge in [0.15, 0.2) is 18.9 Å². The van der Waals surface area contributed by atoms with Gasteiger partial charge in [-0.2, -0.15) is 0 Å². The van der Waals surface area contributed by atoms with Crippen LogP contribution in [0.25, 0.3) is 0 Å². The maximum absolute atomic E-state index is 11.2. The summed E-state index contributed by atoms with van der Waals surface area (Å²) in [5.41, 5.74) is -0.663. The molecule has 0 aromatic rings. The van der Waals surface area contributed by atoms with Crippen molar-refractivity contribution in [2.45, 2.75) is 166 Å². The molecular weight excluding hydrogens is 664 g/mol. The predicted molar refractivity (Wildman–Crippen MR) is 178 cm³/mol. The van der Waals surface area contributed by atoms with E-state index in [1.807, 2.05) is 0 Å². The molecule has 3 heterocycles. The van der Waals surface area contributed by atoms with Crippen LogP contribution in [-0.2, 0) is 28.4 Å². The average molecular weight is 727 g/mol. The average Bonchev–Trinajstić information content (AvgIpc) is 3.69. The summed E-state index contributed by atoms with van der Waals surface area (Å²) in [6.07, 6.45) is -5.37. The van der Waals surface area contributed by atoms with Crippen LogP contribution >= 0.6 is 0 Å². The van der Waals surface area contributed by atoms with Crippen molar-refractivity contribution < 1.29 is 64.2 Å². The molecule has 0 amide bonds. The van der Waals surface area contributed by atoms with E-state index in [1.165, 1.54) is 0 Å². The van der Waals surface area contributed by atoms with Crippen LogP contribution in [0.2, 0.25) is 0 Å². The second-order valence-corrected chi connectivity index (χ2v) is 19.0. The van der Waals surface area contributed by atoms with Crippen molar-refractivity contribution in [2.24, 2.45) is 50.7 Å². The Morgan fingerprint density at radius 2 is 1.47 bits per heavy atom. The lowest BCUT2D eigenvalue weighted by Crippen LogP contribution is -2.65. The Hall–Kier alpha value is -0.520. The normalized spacial score (nSPS) is 60.3. The van der Waals surface area contributed by atoms with Crippen molar-refractivity contribution in [2.75, 3.05) is 20.3 Å². The summed E-state index contributed by atoms with van der Waals surface area (Å²) in [5.74, 6) is 0.837. The second kappa shape index (κ2) is 12.5. The van der Waals surface area contributed by atoms with Gasteiger partial charge in [0.2, 0.25) is 0 Å². The van der Waals surface area contributed by atoms with Crippen LogP contribution in [-0.4, -0.2) is 136 Å². The van der Waals surface area contributed by atoms with Crippen molar-refractivity contribution in [1.29, 1.82) is 0 Å². The Balaban J connectivity index is 1.15. The molecule has 0 radical (unpaired) electrons. The van der Waals surface area contributed by atoms with Crippen molar-refractivity contribution >= 4 is 0 Å². The molecule has 3 aliphatic heterocycles. The lowest BCUT2D eigenvalue weighted by atomic mass is 9.41. The first kappa shape index (κ1) is 37.4. The first-order valence-electron chi connectivity index (χ1n) is 19.4. The van der Waals surface area contributed by atoms with Gasteiger partial charge in [0.05, 0.1) is 31.5 Å². The Morgan fingerprint density at radius 1 is 0.745 bits per heavy atom. The highest BCUT2D eigenvalue weighted by Gasteiger charge is 2.85. The Morgan fingerprint density at radius 3 is 2.18 bits per heavy atom. The quantitative estimate of drug-likeness (QED) is 0.192. The zero-order chi connectivity index (χ0) is 36.6. The summed E-state index contributed by atoms with van der Waals surface area (Å²) < 4.78 is 37.7. The number of aliphatic hydroxyl groups is 7. The lowest BCUT2D eigenvalue weighted by molar-refractivity contribution is -0.335. The van der Waals surface area contributed by atoms with E-state index in [2.05, 4.69) is 34.6 Å². The fraction of sp³-hybridized carbons (Fsp3) is 1.00.